The first-order valence-corrected chi connectivity index (χ1v) is 7.70. The molecule has 120 valence electrons. The van der Waals surface area contributed by atoms with Crippen molar-refractivity contribution in [1.29, 1.82) is 0 Å². The van der Waals surface area contributed by atoms with Gasteiger partial charge < -0.3 is 14.6 Å². The molecule has 1 aliphatic heterocycles. The third-order valence-corrected chi connectivity index (χ3v) is 4.52. The molecule has 0 unspecified atom stereocenters. The largest absolute Gasteiger partial charge is 0.491 e. The van der Waals surface area contributed by atoms with Crippen molar-refractivity contribution in [3.8, 4) is 0 Å². The van der Waals surface area contributed by atoms with Crippen molar-refractivity contribution in [2.75, 3.05) is 13.6 Å². The molecule has 1 aromatic rings. The number of benzene rings is 1. The molecule has 1 N–H and O–H groups in total. The Morgan fingerprint density at radius 1 is 1.27 bits per heavy atom. The van der Waals surface area contributed by atoms with Crippen LogP contribution in [0.25, 0.3) is 6.08 Å². The molecule has 2 rings (SSSR count). The van der Waals surface area contributed by atoms with Crippen LogP contribution < -0.4 is 5.32 Å². The lowest BCUT2D eigenvalue weighted by molar-refractivity contribution is 0.00578. The minimum atomic E-state index is -0.443. The Bertz CT molecular complexity index is 574. The highest BCUT2D eigenvalue weighted by atomic mass is 35.5. The van der Waals surface area contributed by atoms with Crippen molar-refractivity contribution in [3.63, 3.8) is 0 Å². The SMILES string of the molecule is CNCC(=Cc1ccc(F)c(Cl)c1)B1OC(C)(C)C(C)(C)O1. The van der Waals surface area contributed by atoms with Crippen LogP contribution in [0.3, 0.4) is 0 Å². The maximum absolute atomic E-state index is 13.3. The summed E-state index contributed by atoms with van der Waals surface area (Å²) in [6.45, 7) is 8.65. The second kappa shape index (κ2) is 6.32. The minimum Gasteiger partial charge on any atom is -0.400 e. The van der Waals surface area contributed by atoms with E-state index < -0.39 is 24.1 Å². The maximum atomic E-state index is 13.3. The van der Waals surface area contributed by atoms with Crippen molar-refractivity contribution in [2.45, 2.75) is 38.9 Å². The summed E-state index contributed by atoms with van der Waals surface area (Å²) in [5.41, 5.74) is 0.950. The summed E-state index contributed by atoms with van der Waals surface area (Å²) in [6, 6.07) is 4.63. The molecular formula is C16H22BClFNO2. The van der Waals surface area contributed by atoms with Gasteiger partial charge in [0, 0.05) is 6.54 Å². The first kappa shape index (κ1) is 17.5. The van der Waals surface area contributed by atoms with E-state index in [1.807, 2.05) is 40.8 Å². The zero-order valence-corrected chi connectivity index (χ0v) is 14.4. The molecule has 0 radical (unpaired) electrons. The summed E-state index contributed by atoms with van der Waals surface area (Å²) >= 11 is 5.84. The highest BCUT2D eigenvalue weighted by molar-refractivity contribution is 6.56. The molecular weight excluding hydrogens is 303 g/mol. The lowest BCUT2D eigenvalue weighted by atomic mass is 9.77. The molecule has 0 spiro atoms. The smallest absolute Gasteiger partial charge is 0.400 e. The van der Waals surface area contributed by atoms with E-state index in [2.05, 4.69) is 5.32 Å². The normalized spacial score (nSPS) is 20.5. The monoisotopic (exact) mass is 325 g/mol. The van der Waals surface area contributed by atoms with Gasteiger partial charge in [0.1, 0.15) is 5.82 Å². The number of likely N-dealkylation sites (N-methyl/N-ethyl adjacent to an activating group) is 1. The van der Waals surface area contributed by atoms with Crippen molar-refractivity contribution in [3.05, 3.63) is 40.1 Å². The molecule has 6 heteroatoms. The topological polar surface area (TPSA) is 30.5 Å². The van der Waals surface area contributed by atoms with Crippen LogP contribution in [0.4, 0.5) is 4.39 Å². The fourth-order valence-electron chi connectivity index (χ4n) is 2.22. The number of hydrogen-bond acceptors (Lipinski definition) is 3. The Morgan fingerprint density at radius 2 is 1.86 bits per heavy atom. The Hall–Kier alpha value is -0.875. The Morgan fingerprint density at radius 3 is 2.36 bits per heavy atom. The van der Waals surface area contributed by atoms with Crippen LogP contribution in [0.15, 0.2) is 23.7 Å². The molecule has 1 aromatic carbocycles. The second-order valence-electron chi connectivity index (χ2n) is 6.51. The molecule has 1 saturated heterocycles. The van der Waals surface area contributed by atoms with E-state index in [1.54, 1.807) is 12.1 Å². The second-order valence-corrected chi connectivity index (χ2v) is 6.92. The van der Waals surface area contributed by atoms with Crippen LogP contribution in [-0.4, -0.2) is 31.9 Å². The van der Waals surface area contributed by atoms with Crippen LogP contribution in [0.5, 0.6) is 0 Å². The van der Waals surface area contributed by atoms with Gasteiger partial charge in [-0.2, -0.15) is 0 Å². The fourth-order valence-corrected chi connectivity index (χ4v) is 2.41. The average Bonchev–Trinajstić information content (AvgIpc) is 2.62. The predicted octanol–water partition coefficient (Wildman–Crippen LogP) is 3.71. The number of nitrogens with one attached hydrogen (secondary N) is 1. The summed E-state index contributed by atoms with van der Waals surface area (Å²) in [4.78, 5) is 0. The van der Waals surface area contributed by atoms with E-state index in [4.69, 9.17) is 20.9 Å². The lowest BCUT2D eigenvalue weighted by Gasteiger charge is -2.32. The molecule has 22 heavy (non-hydrogen) atoms. The molecule has 1 fully saturated rings. The zero-order chi connectivity index (χ0) is 16.5. The molecule has 0 bridgehead atoms. The Kier molecular flexibility index (Phi) is 5.02. The lowest BCUT2D eigenvalue weighted by Crippen LogP contribution is -2.41. The van der Waals surface area contributed by atoms with E-state index >= 15 is 0 Å². The summed E-state index contributed by atoms with van der Waals surface area (Å²) < 4.78 is 25.4. The quantitative estimate of drug-likeness (QED) is 0.856. The van der Waals surface area contributed by atoms with Gasteiger partial charge in [-0.1, -0.05) is 23.7 Å². The van der Waals surface area contributed by atoms with E-state index in [1.165, 1.54) is 6.07 Å². The highest BCUT2D eigenvalue weighted by Gasteiger charge is 2.52. The van der Waals surface area contributed by atoms with Gasteiger partial charge >= 0.3 is 7.12 Å². The first-order valence-electron chi connectivity index (χ1n) is 7.32. The summed E-state index contributed by atoms with van der Waals surface area (Å²) in [7, 11) is 1.41. The summed E-state index contributed by atoms with van der Waals surface area (Å²) in [5.74, 6) is -0.426. The highest BCUT2D eigenvalue weighted by Crippen LogP contribution is 2.38. The van der Waals surface area contributed by atoms with Crippen LogP contribution >= 0.6 is 11.6 Å². The Labute approximate surface area is 137 Å². The van der Waals surface area contributed by atoms with Gasteiger partial charge in [-0.3, -0.25) is 0 Å². The van der Waals surface area contributed by atoms with E-state index in [0.717, 1.165) is 11.0 Å². The average molecular weight is 326 g/mol. The Balaban J connectivity index is 2.31. The zero-order valence-electron chi connectivity index (χ0n) is 13.7. The first-order chi connectivity index (χ1) is 10.2. The minimum absolute atomic E-state index is 0.103. The van der Waals surface area contributed by atoms with Crippen LogP contribution in [0.1, 0.15) is 33.3 Å². The number of hydrogen-bond donors (Lipinski definition) is 1. The summed E-state index contributed by atoms with van der Waals surface area (Å²) in [6.07, 6.45) is 1.92. The molecule has 0 aliphatic carbocycles. The van der Waals surface area contributed by atoms with Crippen LogP contribution in [0, 0.1) is 5.82 Å². The van der Waals surface area contributed by atoms with Crippen molar-refractivity contribution in [2.24, 2.45) is 0 Å². The predicted molar refractivity (Wildman–Crippen MR) is 89.4 cm³/mol. The summed E-state index contributed by atoms with van der Waals surface area (Å²) in [5, 5.41) is 3.21. The molecule has 0 atom stereocenters. The fraction of sp³-hybridized carbons (Fsp3) is 0.500. The van der Waals surface area contributed by atoms with Gasteiger partial charge in [-0.25, -0.2) is 4.39 Å². The molecule has 1 heterocycles. The third kappa shape index (κ3) is 3.54. The van der Waals surface area contributed by atoms with Crippen molar-refractivity contribution >= 4 is 24.8 Å². The maximum Gasteiger partial charge on any atom is 0.491 e. The van der Waals surface area contributed by atoms with Gasteiger partial charge in [0.2, 0.25) is 0 Å². The molecule has 0 aromatic heterocycles. The van der Waals surface area contributed by atoms with Gasteiger partial charge in [-0.15, -0.1) is 0 Å². The number of halogens is 2. The van der Waals surface area contributed by atoms with Gasteiger partial charge in [-0.05, 0) is 57.9 Å². The van der Waals surface area contributed by atoms with E-state index in [0.29, 0.717) is 6.54 Å². The standard InChI is InChI=1S/C16H22BClFNO2/c1-15(2)16(3,4)22-17(21-15)12(10-20-5)8-11-6-7-14(19)13(18)9-11/h6-9,20H,10H2,1-5H3. The van der Waals surface area contributed by atoms with Crippen LogP contribution in [0.2, 0.25) is 5.02 Å². The van der Waals surface area contributed by atoms with E-state index in [9.17, 15) is 4.39 Å². The van der Waals surface area contributed by atoms with E-state index in [-0.39, 0.29) is 5.02 Å². The van der Waals surface area contributed by atoms with Crippen LogP contribution in [-0.2, 0) is 9.31 Å². The third-order valence-electron chi connectivity index (χ3n) is 4.23. The number of rotatable bonds is 4. The molecule has 3 nitrogen and oxygen atoms in total. The van der Waals surface area contributed by atoms with Gasteiger partial charge in [0.05, 0.1) is 16.2 Å². The molecule has 1 aliphatic rings. The molecule has 0 saturated carbocycles. The van der Waals surface area contributed by atoms with Crippen molar-refractivity contribution < 1.29 is 13.7 Å². The van der Waals surface area contributed by atoms with Gasteiger partial charge in [0.25, 0.3) is 0 Å². The molecule has 0 amide bonds. The van der Waals surface area contributed by atoms with Gasteiger partial charge in [0.15, 0.2) is 0 Å². The van der Waals surface area contributed by atoms with Crippen molar-refractivity contribution in [1.82, 2.24) is 5.32 Å².